The second kappa shape index (κ2) is 8.49. The van der Waals surface area contributed by atoms with Gasteiger partial charge < -0.3 is 9.64 Å². The van der Waals surface area contributed by atoms with Crippen molar-refractivity contribution in [3.8, 4) is 11.3 Å². The molecule has 0 amide bonds. The maximum atomic E-state index is 14.9. The number of morpholine rings is 1. The van der Waals surface area contributed by atoms with Gasteiger partial charge in [0.05, 0.1) is 29.4 Å². The Balaban J connectivity index is 1.67. The highest BCUT2D eigenvalue weighted by Crippen LogP contribution is 2.32. The molecule has 4 aromatic rings. The van der Waals surface area contributed by atoms with Crippen molar-refractivity contribution in [1.29, 1.82) is 0 Å². The highest BCUT2D eigenvalue weighted by atomic mass is 35.5. The van der Waals surface area contributed by atoms with Crippen LogP contribution in [0.1, 0.15) is 17.5 Å². The van der Waals surface area contributed by atoms with Crippen LogP contribution in [0.3, 0.4) is 0 Å². The first-order valence-corrected chi connectivity index (χ1v) is 10.8. The van der Waals surface area contributed by atoms with Gasteiger partial charge in [-0.1, -0.05) is 11.6 Å². The standard InChI is InChI=1S/C23H20ClFN6O2/c1-13-28-18-10-20(31-7-8-33-19(12-31)14-5-6-26-27-11-14)29-22(21(18)23(32)30(13)2)16-4-3-15(24)9-17(16)25/h3-6,9-11,19H,7-8,12H2,1-2H3. The van der Waals surface area contributed by atoms with E-state index in [1.54, 1.807) is 38.5 Å². The van der Waals surface area contributed by atoms with E-state index in [4.69, 9.17) is 21.3 Å². The molecule has 10 heteroatoms. The SMILES string of the molecule is Cc1nc2cc(N3CCOC(c4ccnnc4)C3)nc(-c3ccc(Cl)cc3F)c2c(=O)n1C. The molecular formula is C23H20ClFN6O2. The molecular weight excluding hydrogens is 447 g/mol. The Hall–Kier alpha value is -3.43. The maximum Gasteiger partial charge on any atom is 0.263 e. The number of nitrogens with zero attached hydrogens (tertiary/aromatic N) is 6. The summed E-state index contributed by atoms with van der Waals surface area (Å²) >= 11 is 5.96. The molecule has 1 aromatic carbocycles. The van der Waals surface area contributed by atoms with Gasteiger partial charge >= 0.3 is 0 Å². The lowest BCUT2D eigenvalue weighted by molar-refractivity contribution is 0.0392. The third-order valence-electron chi connectivity index (χ3n) is 5.83. The van der Waals surface area contributed by atoms with E-state index in [0.29, 0.717) is 36.9 Å². The van der Waals surface area contributed by atoms with Crippen molar-refractivity contribution in [1.82, 2.24) is 24.7 Å². The van der Waals surface area contributed by atoms with E-state index in [0.717, 1.165) is 5.56 Å². The average molecular weight is 467 g/mol. The maximum absolute atomic E-state index is 14.9. The number of aryl methyl sites for hydroxylation is 1. The summed E-state index contributed by atoms with van der Waals surface area (Å²) in [5.41, 5.74) is 1.50. The van der Waals surface area contributed by atoms with E-state index in [2.05, 4.69) is 15.2 Å². The third kappa shape index (κ3) is 3.94. The highest BCUT2D eigenvalue weighted by Gasteiger charge is 2.26. The molecule has 0 N–H and O–H groups in total. The van der Waals surface area contributed by atoms with Crippen molar-refractivity contribution < 1.29 is 9.13 Å². The number of pyridine rings is 1. The van der Waals surface area contributed by atoms with Crippen LogP contribution < -0.4 is 10.5 Å². The minimum atomic E-state index is -0.557. The molecule has 1 aliphatic rings. The van der Waals surface area contributed by atoms with Crippen LogP contribution in [-0.4, -0.2) is 44.4 Å². The first kappa shape index (κ1) is 21.4. The van der Waals surface area contributed by atoms with Crippen LogP contribution in [0.5, 0.6) is 0 Å². The summed E-state index contributed by atoms with van der Waals surface area (Å²) in [5.74, 6) is 0.580. The van der Waals surface area contributed by atoms with Crippen molar-refractivity contribution >= 4 is 28.3 Å². The van der Waals surface area contributed by atoms with Crippen molar-refractivity contribution in [3.05, 3.63) is 75.3 Å². The Morgan fingerprint density at radius 2 is 2.03 bits per heavy atom. The summed E-state index contributed by atoms with van der Waals surface area (Å²) in [6.45, 7) is 3.32. The summed E-state index contributed by atoms with van der Waals surface area (Å²) in [5, 5.41) is 8.28. The Bertz CT molecular complexity index is 1410. The zero-order chi connectivity index (χ0) is 23.1. The quantitative estimate of drug-likeness (QED) is 0.457. The fourth-order valence-electron chi connectivity index (χ4n) is 3.97. The summed E-state index contributed by atoms with van der Waals surface area (Å²) in [4.78, 5) is 24.5. The average Bonchev–Trinajstić information content (AvgIpc) is 2.82. The second-order valence-corrected chi connectivity index (χ2v) is 8.29. The molecule has 0 saturated carbocycles. The van der Waals surface area contributed by atoms with Crippen molar-refractivity contribution in [2.24, 2.45) is 7.05 Å². The number of benzene rings is 1. The number of anilines is 1. The first-order chi connectivity index (χ1) is 15.9. The molecule has 4 heterocycles. The van der Waals surface area contributed by atoms with Gasteiger partial charge in [-0.3, -0.25) is 9.36 Å². The number of halogens is 2. The van der Waals surface area contributed by atoms with Crippen molar-refractivity contribution in [2.75, 3.05) is 24.6 Å². The Kier molecular flexibility index (Phi) is 5.51. The van der Waals surface area contributed by atoms with Gasteiger partial charge in [0.25, 0.3) is 5.56 Å². The van der Waals surface area contributed by atoms with Gasteiger partial charge in [0.1, 0.15) is 23.6 Å². The summed E-state index contributed by atoms with van der Waals surface area (Å²) in [6.07, 6.45) is 3.07. The zero-order valence-corrected chi connectivity index (χ0v) is 18.8. The van der Waals surface area contributed by atoms with Gasteiger partial charge in [-0.25, -0.2) is 14.4 Å². The Morgan fingerprint density at radius 3 is 2.79 bits per heavy atom. The molecule has 3 aromatic heterocycles. The van der Waals surface area contributed by atoms with Crippen LogP contribution in [0.4, 0.5) is 10.2 Å². The highest BCUT2D eigenvalue weighted by molar-refractivity contribution is 6.30. The number of rotatable bonds is 3. The molecule has 8 nitrogen and oxygen atoms in total. The fourth-order valence-corrected chi connectivity index (χ4v) is 4.13. The molecule has 1 atom stereocenters. The van der Waals surface area contributed by atoms with E-state index in [-0.39, 0.29) is 33.3 Å². The number of fused-ring (bicyclic) bond motifs is 1. The summed E-state index contributed by atoms with van der Waals surface area (Å²) in [7, 11) is 1.63. The van der Waals surface area contributed by atoms with E-state index >= 15 is 0 Å². The molecule has 1 saturated heterocycles. The molecule has 0 aliphatic carbocycles. The van der Waals surface area contributed by atoms with Crippen LogP contribution in [0.15, 0.2) is 47.5 Å². The van der Waals surface area contributed by atoms with Gasteiger partial charge in [-0.05, 0) is 31.2 Å². The number of ether oxygens (including phenoxy) is 1. The largest absolute Gasteiger partial charge is 0.370 e. The number of hydrogen-bond acceptors (Lipinski definition) is 7. The van der Waals surface area contributed by atoms with E-state index < -0.39 is 5.82 Å². The van der Waals surface area contributed by atoms with E-state index in [1.165, 1.54) is 16.7 Å². The summed E-state index contributed by atoms with van der Waals surface area (Å²) in [6, 6.07) is 7.96. The predicted molar refractivity (Wildman–Crippen MR) is 123 cm³/mol. The lowest BCUT2D eigenvalue weighted by Crippen LogP contribution is -2.39. The fraction of sp³-hybridized carbons (Fsp3) is 0.261. The molecule has 168 valence electrons. The molecule has 1 fully saturated rings. The molecule has 0 bridgehead atoms. The van der Waals surface area contributed by atoms with Gasteiger partial charge in [-0.15, -0.1) is 0 Å². The third-order valence-corrected chi connectivity index (χ3v) is 6.06. The van der Waals surface area contributed by atoms with Gasteiger partial charge in [0.2, 0.25) is 0 Å². The van der Waals surface area contributed by atoms with Gasteiger partial charge in [0, 0.05) is 48.5 Å². The smallest absolute Gasteiger partial charge is 0.263 e. The molecule has 0 spiro atoms. The van der Waals surface area contributed by atoms with Crippen molar-refractivity contribution in [2.45, 2.75) is 13.0 Å². The second-order valence-electron chi connectivity index (χ2n) is 7.85. The molecule has 1 unspecified atom stereocenters. The van der Waals surface area contributed by atoms with Crippen molar-refractivity contribution in [3.63, 3.8) is 0 Å². The van der Waals surface area contributed by atoms with Crippen LogP contribution in [-0.2, 0) is 11.8 Å². The molecule has 1 aliphatic heterocycles. The minimum Gasteiger partial charge on any atom is -0.370 e. The van der Waals surface area contributed by atoms with E-state index in [9.17, 15) is 9.18 Å². The Morgan fingerprint density at radius 1 is 1.18 bits per heavy atom. The van der Waals surface area contributed by atoms with Crippen LogP contribution in [0.25, 0.3) is 22.2 Å². The normalized spacial score (nSPS) is 16.4. The van der Waals surface area contributed by atoms with E-state index in [1.807, 2.05) is 11.0 Å². The van der Waals surface area contributed by atoms with Crippen LogP contribution in [0.2, 0.25) is 5.02 Å². The lowest BCUT2D eigenvalue weighted by Gasteiger charge is -2.34. The Labute approximate surface area is 193 Å². The predicted octanol–water partition coefficient (Wildman–Crippen LogP) is 3.46. The molecule has 0 radical (unpaired) electrons. The summed E-state index contributed by atoms with van der Waals surface area (Å²) < 4.78 is 22.3. The van der Waals surface area contributed by atoms with Gasteiger partial charge in [0.15, 0.2) is 0 Å². The monoisotopic (exact) mass is 466 g/mol. The lowest BCUT2D eigenvalue weighted by atomic mass is 10.1. The number of aromatic nitrogens is 5. The zero-order valence-electron chi connectivity index (χ0n) is 18.0. The topological polar surface area (TPSA) is 86.0 Å². The van der Waals surface area contributed by atoms with Gasteiger partial charge in [-0.2, -0.15) is 10.2 Å². The molecule has 33 heavy (non-hydrogen) atoms. The van der Waals surface area contributed by atoms with Crippen LogP contribution in [0, 0.1) is 12.7 Å². The minimum absolute atomic E-state index is 0.192. The number of hydrogen-bond donors (Lipinski definition) is 0. The van der Waals surface area contributed by atoms with Crippen LogP contribution >= 0.6 is 11.6 Å². The molecule has 5 rings (SSSR count). The first-order valence-electron chi connectivity index (χ1n) is 10.4.